The number of carbonyl (C=O) groups excluding carboxylic acids is 1. The van der Waals surface area contributed by atoms with E-state index >= 15 is 0 Å². The van der Waals surface area contributed by atoms with Crippen LogP contribution in [0.15, 0.2) is 24.3 Å². The van der Waals surface area contributed by atoms with Gasteiger partial charge >= 0.3 is 6.03 Å². The zero-order chi connectivity index (χ0) is 18.3. The average Bonchev–Trinajstić information content (AvgIpc) is 2.67. The molecule has 0 radical (unpaired) electrons. The Morgan fingerprint density at radius 1 is 0.926 bits per heavy atom. The maximum atomic E-state index is 12.5. The van der Waals surface area contributed by atoms with Crippen LogP contribution in [0, 0.1) is 23.2 Å². The van der Waals surface area contributed by atoms with E-state index in [1.165, 1.54) is 63.5 Å². The molecule has 4 bridgehead atoms. The summed E-state index contributed by atoms with van der Waals surface area (Å²) in [5, 5.41) is 6.24. The largest absolute Gasteiger partial charge is 0.372 e. The molecule has 1 heterocycles. The van der Waals surface area contributed by atoms with Gasteiger partial charge in [0.25, 0.3) is 0 Å². The van der Waals surface area contributed by atoms with E-state index in [0.717, 1.165) is 43.1 Å². The molecule has 4 saturated carbocycles. The number of urea groups is 1. The van der Waals surface area contributed by atoms with E-state index in [-0.39, 0.29) is 6.03 Å². The molecule has 146 valence electrons. The smallest absolute Gasteiger partial charge is 0.319 e. The molecule has 0 atom stereocenters. The molecule has 6 rings (SSSR count). The van der Waals surface area contributed by atoms with Crippen molar-refractivity contribution in [1.29, 1.82) is 0 Å². The van der Waals surface area contributed by atoms with Crippen LogP contribution < -0.4 is 15.5 Å². The first kappa shape index (κ1) is 17.4. The Morgan fingerprint density at radius 3 is 2.11 bits per heavy atom. The van der Waals surface area contributed by atoms with E-state index in [2.05, 4.69) is 27.7 Å². The van der Waals surface area contributed by atoms with Crippen molar-refractivity contribution in [3.05, 3.63) is 24.3 Å². The first-order valence-electron chi connectivity index (χ1n) is 11.1. The monoisotopic (exact) mass is 367 g/mol. The van der Waals surface area contributed by atoms with Crippen molar-refractivity contribution in [2.75, 3.05) is 29.9 Å². The molecule has 4 aliphatic carbocycles. The van der Waals surface area contributed by atoms with Crippen molar-refractivity contribution < 1.29 is 4.79 Å². The number of piperidine rings is 1. The van der Waals surface area contributed by atoms with Gasteiger partial charge in [-0.05, 0) is 105 Å². The fraction of sp³-hybridized carbons (Fsp3) is 0.696. The molecule has 1 aromatic rings. The highest BCUT2D eigenvalue weighted by molar-refractivity contribution is 5.89. The summed E-state index contributed by atoms with van der Waals surface area (Å²) >= 11 is 0. The fourth-order valence-corrected chi connectivity index (χ4v) is 6.86. The van der Waals surface area contributed by atoms with Gasteiger partial charge in [-0.25, -0.2) is 4.79 Å². The van der Waals surface area contributed by atoms with Crippen molar-refractivity contribution in [1.82, 2.24) is 5.32 Å². The van der Waals surface area contributed by atoms with Crippen LogP contribution in [0.25, 0.3) is 0 Å². The summed E-state index contributed by atoms with van der Waals surface area (Å²) < 4.78 is 0. The molecule has 1 aliphatic heterocycles. The van der Waals surface area contributed by atoms with Crippen LogP contribution in [0.1, 0.15) is 57.8 Å². The lowest BCUT2D eigenvalue weighted by Gasteiger charge is -2.56. The van der Waals surface area contributed by atoms with E-state index in [1.54, 1.807) is 0 Å². The highest BCUT2D eigenvalue weighted by Gasteiger charge is 2.50. The number of hydrogen-bond donors (Lipinski definition) is 2. The van der Waals surface area contributed by atoms with Gasteiger partial charge in [0.05, 0.1) is 0 Å². The van der Waals surface area contributed by atoms with Crippen LogP contribution >= 0.6 is 0 Å². The Bertz CT molecular complexity index is 642. The molecular weight excluding hydrogens is 334 g/mol. The zero-order valence-corrected chi connectivity index (χ0v) is 16.4. The molecule has 1 aromatic carbocycles. The van der Waals surface area contributed by atoms with Crippen molar-refractivity contribution in [3.63, 3.8) is 0 Å². The minimum absolute atomic E-state index is 0.0449. The molecule has 2 amide bonds. The van der Waals surface area contributed by atoms with E-state index < -0.39 is 0 Å². The van der Waals surface area contributed by atoms with Crippen molar-refractivity contribution in [3.8, 4) is 0 Å². The maximum absolute atomic E-state index is 12.5. The van der Waals surface area contributed by atoms with Crippen molar-refractivity contribution in [2.45, 2.75) is 57.8 Å². The standard InChI is InChI=1S/C23H33N3O/c27-22(24-16-23-13-17-10-18(14-23)12-19(11-17)15-23)25-20-4-6-21(7-5-20)26-8-2-1-3-9-26/h4-7,17-19H,1-3,8-16H2,(H2,24,25,27). The summed E-state index contributed by atoms with van der Waals surface area (Å²) in [7, 11) is 0. The van der Waals surface area contributed by atoms with Crippen LogP contribution in [-0.4, -0.2) is 25.7 Å². The number of carbonyl (C=O) groups is 1. The summed E-state index contributed by atoms with van der Waals surface area (Å²) in [6.07, 6.45) is 12.3. The number of amides is 2. The Labute approximate surface area is 163 Å². The normalized spacial score (nSPS) is 34.5. The van der Waals surface area contributed by atoms with E-state index in [9.17, 15) is 4.79 Å². The number of nitrogens with zero attached hydrogens (tertiary/aromatic N) is 1. The third kappa shape index (κ3) is 3.68. The van der Waals surface area contributed by atoms with Gasteiger partial charge in [-0.3, -0.25) is 0 Å². The summed E-state index contributed by atoms with van der Waals surface area (Å²) in [6.45, 7) is 3.16. The third-order valence-electron chi connectivity index (χ3n) is 7.64. The molecule has 0 spiro atoms. The fourth-order valence-electron chi connectivity index (χ4n) is 6.86. The minimum Gasteiger partial charge on any atom is -0.372 e. The van der Waals surface area contributed by atoms with Gasteiger partial charge in [0, 0.05) is 31.0 Å². The third-order valence-corrected chi connectivity index (χ3v) is 7.64. The van der Waals surface area contributed by atoms with Crippen LogP contribution in [0.5, 0.6) is 0 Å². The second-order valence-electron chi connectivity index (χ2n) is 9.82. The van der Waals surface area contributed by atoms with E-state index in [0.29, 0.717) is 5.41 Å². The molecule has 5 aliphatic rings. The molecule has 4 heteroatoms. The first-order valence-corrected chi connectivity index (χ1v) is 11.1. The summed E-state index contributed by atoms with van der Waals surface area (Å²) in [6, 6.07) is 8.30. The van der Waals surface area contributed by atoms with Gasteiger partial charge < -0.3 is 15.5 Å². The Kier molecular flexibility index (Phi) is 4.53. The predicted molar refractivity (Wildman–Crippen MR) is 110 cm³/mol. The van der Waals surface area contributed by atoms with Crippen LogP contribution in [0.4, 0.5) is 16.2 Å². The number of nitrogens with one attached hydrogen (secondary N) is 2. The number of rotatable bonds is 4. The van der Waals surface area contributed by atoms with Gasteiger partial charge in [-0.2, -0.15) is 0 Å². The van der Waals surface area contributed by atoms with Crippen LogP contribution in [0.3, 0.4) is 0 Å². The second-order valence-corrected chi connectivity index (χ2v) is 9.82. The minimum atomic E-state index is -0.0449. The van der Waals surface area contributed by atoms with E-state index in [1.807, 2.05) is 12.1 Å². The first-order chi connectivity index (χ1) is 13.2. The highest BCUT2D eigenvalue weighted by atomic mass is 16.2. The van der Waals surface area contributed by atoms with Crippen molar-refractivity contribution in [2.24, 2.45) is 23.2 Å². The number of anilines is 2. The summed E-state index contributed by atoms with van der Waals surface area (Å²) in [4.78, 5) is 14.9. The van der Waals surface area contributed by atoms with Crippen LogP contribution in [0.2, 0.25) is 0 Å². The van der Waals surface area contributed by atoms with Crippen molar-refractivity contribution >= 4 is 17.4 Å². The summed E-state index contributed by atoms with van der Waals surface area (Å²) in [5.74, 6) is 2.80. The summed E-state index contributed by atoms with van der Waals surface area (Å²) in [5.41, 5.74) is 2.55. The number of hydrogen-bond acceptors (Lipinski definition) is 2. The lowest BCUT2D eigenvalue weighted by Crippen LogP contribution is -2.51. The second kappa shape index (κ2) is 7.03. The Balaban J connectivity index is 1.14. The number of benzene rings is 1. The Hall–Kier alpha value is -1.71. The van der Waals surface area contributed by atoms with Crippen LogP contribution in [-0.2, 0) is 0 Å². The molecule has 0 unspecified atom stereocenters. The van der Waals surface area contributed by atoms with Gasteiger partial charge in [0.1, 0.15) is 0 Å². The molecular formula is C23H33N3O. The highest BCUT2D eigenvalue weighted by Crippen LogP contribution is 2.59. The molecule has 5 fully saturated rings. The molecule has 1 saturated heterocycles. The molecule has 0 aromatic heterocycles. The maximum Gasteiger partial charge on any atom is 0.319 e. The average molecular weight is 368 g/mol. The molecule has 2 N–H and O–H groups in total. The van der Waals surface area contributed by atoms with Gasteiger partial charge in [-0.15, -0.1) is 0 Å². The van der Waals surface area contributed by atoms with Gasteiger partial charge in [0.15, 0.2) is 0 Å². The quantitative estimate of drug-likeness (QED) is 0.785. The molecule has 4 nitrogen and oxygen atoms in total. The zero-order valence-electron chi connectivity index (χ0n) is 16.4. The van der Waals surface area contributed by atoms with Gasteiger partial charge in [0.2, 0.25) is 0 Å². The van der Waals surface area contributed by atoms with E-state index in [4.69, 9.17) is 0 Å². The molecule has 27 heavy (non-hydrogen) atoms. The lowest BCUT2D eigenvalue weighted by molar-refractivity contribution is -0.0496. The SMILES string of the molecule is O=C(NCC12CC3CC(CC(C3)C1)C2)Nc1ccc(N2CCCCC2)cc1. The predicted octanol–water partition coefficient (Wildman–Crippen LogP) is 5.01. The van der Waals surface area contributed by atoms with Gasteiger partial charge in [-0.1, -0.05) is 0 Å². The topological polar surface area (TPSA) is 44.4 Å². The lowest BCUT2D eigenvalue weighted by atomic mass is 9.49. The Morgan fingerprint density at radius 2 is 1.52 bits per heavy atom.